The lowest BCUT2D eigenvalue weighted by Gasteiger charge is -2.07. The summed E-state index contributed by atoms with van der Waals surface area (Å²) in [6.07, 6.45) is 1.12. The quantitative estimate of drug-likeness (QED) is 0.755. The number of hydrogen-bond acceptors (Lipinski definition) is 3. The average molecular weight is 266 g/mol. The van der Waals surface area contributed by atoms with Crippen molar-refractivity contribution in [2.24, 2.45) is 5.92 Å². The summed E-state index contributed by atoms with van der Waals surface area (Å²) in [6, 6.07) is 19.0. The normalized spacial score (nSPS) is 11.7. The van der Waals surface area contributed by atoms with Gasteiger partial charge in [-0.25, -0.2) is 0 Å². The summed E-state index contributed by atoms with van der Waals surface area (Å²) in [5.74, 6) is 0.701. The molecule has 2 aromatic carbocycles. The Morgan fingerprint density at radius 2 is 1.84 bits per heavy atom. The molecule has 0 aliphatic heterocycles. The van der Waals surface area contributed by atoms with Crippen LogP contribution in [0, 0.1) is 28.6 Å². The molecule has 0 saturated heterocycles. The van der Waals surface area contributed by atoms with Crippen molar-refractivity contribution in [2.75, 3.05) is 5.75 Å². The maximum Gasteiger partial charge on any atom is 0.0664 e. The van der Waals surface area contributed by atoms with Gasteiger partial charge in [0.2, 0.25) is 0 Å². The first-order valence-electron chi connectivity index (χ1n) is 6.21. The lowest BCUT2D eigenvalue weighted by atomic mass is 10.1. The fraction of sp³-hybridized carbons (Fsp3) is 0.250. The zero-order chi connectivity index (χ0) is 13.5. The molecule has 1 atom stereocenters. The summed E-state index contributed by atoms with van der Waals surface area (Å²) in [6.45, 7) is 0. The van der Waals surface area contributed by atoms with Crippen molar-refractivity contribution in [3.05, 3.63) is 42.5 Å². The number of rotatable bonds is 5. The Bertz CT molecular complexity index is 637. The highest BCUT2D eigenvalue weighted by Gasteiger charge is 2.08. The van der Waals surface area contributed by atoms with Crippen LogP contribution in [-0.4, -0.2) is 5.75 Å². The third kappa shape index (κ3) is 3.74. The standard InChI is InChI=1S/C16H14N2S/c17-9-3-4-13(11-18)12-19-16-8-7-14-5-1-2-6-15(14)10-16/h1-2,5-8,10,13H,3-4,12H2. The Balaban J connectivity index is 2.01. The van der Waals surface area contributed by atoms with Crippen LogP contribution in [0.3, 0.4) is 0 Å². The molecule has 0 radical (unpaired) electrons. The molecule has 0 aromatic heterocycles. The number of nitrogens with zero attached hydrogens (tertiary/aromatic N) is 2. The van der Waals surface area contributed by atoms with E-state index >= 15 is 0 Å². The number of thioether (sulfide) groups is 1. The molecular weight excluding hydrogens is 252 g/mol. The van der Waals surface area contributed by atoms with Crippen LogP contribution in [0.4, 0.5) is 0 Å². The van der Waals surface area contributed by atoms with Gasteiger partial charge in [-0.15, -0.1) is 11.8 Å². The maximum atomic E-state index is 9.03. The molecule has 94 valence electrons. The van der Waals surface area contributed by atoms with Crippen molar-refractivity contribution in [1.29, 1.82) is 10.5 Å². The third-order valence-electron chi connectivity index (χ3n) is 2.96. The molecule has 0 amide bonds. The molecule has 0 aliphatic carbocycles. The van der Waals surface area contributed by atoms with Crippen LogP contribution in [0.25, 0.3) is 10.8 Å². The van der Waals surface area contributed by atoms with Gasteiger partial charge in [-0.05, 0) is 29.3 Å². The van der Waals surface area contributed by atoms with Crippen LogP contribution in [0.2, 0.25) is 0 Å². The van der Waals surface area contributed by atoms with Gasteiger partial charge in [0.05, 0.1) is 18.1 Å². The fourth-order valence-electron chi connectivity index (χ4n) is 1.88. The van der Waals surface area contributed by atoms with Gasteiger partial charge in [0, 0.05) is 17.1 Å². The van der Waals surface area contributed by atoms with E-state index in [1.165, 1.54) is 15.7 Å². The number of hydrogen-bond donors (Lipinski definition) is 0. The Morgan fingerprint density at radius 3 is 2.58 bits per heavy atom. The molecule has 1 unspecified atom stereocenters. The predicted octanol–water partition coefficient (Wildman–Crippen LogP) is 4.38. The van der Waals surface area contributed by atoms with E-state index in [4.69, 9.17) is 10.5 Å². The molecule has 0 N–H and O–H groups in total. The summed E-state index contributed by atoms with van der Waals surface area (Å²) in [7, 11) is 0. The van der Waals surface area contributed by atoms with Gasteiger partial charge in [-0.3, -0.25) is 0 Å². The van der Waals surface area contributed by atoms with E-state index in [-0.39, 0.29) is 5.92 Å². The van der Waals surface area contributed by atoms with Crippen molar-refractivity contribution in [1.82, 2.24) is 0 Å². The second-order valence-corrected chi connectivity index (χ2v) is 5.44. The van der Waals surface area contributed by atoms with Gasteiger partial charge < -0.3 is 0 Å². The van der Waals surface area contributed by atoms with Crippen LogP contribution in [0.5, 0.6) is 0 Å². The molecule has 19 heavy (non-hydrogen) atoms. The van der Waals surface area contributed by atoms with E-state index in [0.717, 1.165) is 5.75 Å². The molecule has 2 nitrogen and oxygen atoms in total. The maximum absolute atomic E-state index is 9.03. The lowest BCUT2D eigenvalue weighted by molar-refractivity contribution is 0.685. The summed E-state index contributed by atoms with van der Waals surface area (Å²) < 4.78 is 0. The summed E-state index contributed by atoms with van der Waals surface area (Å²) in [5, 5.41) is 20.0. The molecule has 0 fully saturated rings. The van der Waals surface area contributed by atoms with Gasteiger partial charge in [-0.2, -0.15) is 10.5 Å². The van der Waals surface area contributed by atoms with Gasteiger partial charge in [0.15, 0.2) is 0 Å². The Hall–Kier alpha value is -1.97. The van der Waals surface area contributed by atoms with E-state index in [1.54, 1.807) is 11.8 Å². The zero-order valence-corrected chi connectivity index (χ0v) is 11.4. The first kappa shape index (κ1) is 13.5. The lowest BCUT2D eigenvalue weighted by Crippen LogP contribution is -1.99. The van der Waals surface area contributed by atoms with E-state index in [9.17, 15) is 0 Å². The molecule has 0 spiro atoms. The highest BCUT2D eigenvalue weighted by Crippen LogP contribution is 2.26. The van der Waals surface area contributed by atoms with E-state index < -0.39 is 0 Å². The second kappa shape index (κ2) is 6.83. The summed E-state index contributed by atoms with van der Waals surface area (Å²) in [5.41, 5.74) is 0. The average Bonchev–Trinajstić information content (AvgIpc) is 2.47. The van der Waals surface area contributed by atoms with E-state index in [0.29, 0.717) is 12.8 Å². The summed E-state index contributed by atoms with van der Waals surface area (Å²) in [4.78, 5) is 1.18. The molecule has 3 heteroatoms. The van der Waals surface area contributed by atoms with Gasteiger partial charge in [-0.1, -0.05) is 30.3 Å². The highest BCUT2D eigenvalue weighted by molar-refractivity contribution is 7.99. The topological polar surface area (TPSA) is 47.6 Å². The largest absolute Gasteiger partial charge is 0.198 e. The minimum absolute atomic E-state index is 0.0453. The van der Waals surface area contributed by atoms with E-state index in [1.807, 2.05) is 12.1 Å². The Labute approximate surface area is 117 Å². The first-order chi connectivity index (χ1) is 9.33. The van der Waals surface area contributed by atoms with Crippen LogP contribution in [0.1, 0.15) is 12.8 Å². The van der Waals surface area contributed by atoms with Crippen molar-refractivity contribution in [3.8, 4) is 12.1 Å². The van der Waals surface area contributed by atoms with Crippen LogP contribution >= 0.6 is 11.8 Å². The molecule has 0 heterocycles. The molecule has 0 saturated carbocycles. The molecule has 2 aromatic rings. The van der Waals surface area contributed by atoms with Gasteiger partial charge in [0.1, 0.15) is 0 Å². The van der Waals surface area contributed by atoms with E-state index in [2.05, 4.69) is 42.5 Å². The number of benzene rings is 2. The fourth-order valence-corrected chi connectivity index (χ4v) is 2.89. The zero-order valence-electron chi connectivity index (χ0n) is 10.5. The number of fused-ring (bicyclic) bond motifs is 1. The van der Waals surface area contributed by atoms with Crippen LogP contribution in [-0.2, 0) is 0 Å². The summed E-state index contributed by atoms with van der Waals surface area (Å²) >= 11 is 1.69. The Kier molecular flexibility index (Phi) is 4.84. The number of nitriles is 2. The molecule has 0 bridgehead atoms. The van der Waals surface area contributed by atoms with Crippen molar-refractivity contribution >= 4 is 22.5 Å². The minimum atomic E-state index is -0.0453. The van der Waals surface area contributed by atoms with Crippen molar-refractivity contribution < 1.29 is 0 Å². The van der Waals surface area contributed by atoms with Crippen LogP contribution < -0.4 is 0 Å². The van der Waals surface area contributed by atoms with Gasteiger partial charge in [0.25, 0.3) is 0 Å². The second-order valence-electron chi connectivity index (χ2n) is 4.34. The molecule has 0 aliphatic rings. The van der Waals surface area contributed by atoms with Gasteiger partial charge >= 0.3 is 0 Å². The monoisotopic (exact) mass is 266 g/mol. The first-order valence-corrected chi connectivity index (χ1v) is 7.20. The van der Waals surface area contributed by atoms with Crippen molar-refractivity contribution in [3.63, 3.8) is 0 Å². The molecular formula is C16H14N2S. The van der Waals surface area contributed by atoms with Crippen molar-refractivity contribution in [2.45, 2.75) is 17.7 Å². The van der Waals surface area contributed by atoms with Crippen LogP contribution in [0.15, 0.2) is 47.4 Å². The molecule has 2 rings (SSSR count). The SMILES string of the molecule is N#CCCC(C#N)CSc1ccc2ccccc2c1. The smallest absolute Gasteiger partial charge is 0.0664 e. The highest BCUT2D eigenvalue weighted by atomic mass is 32.2. The Morgan fingerprint density at radius 1 is 1.05 bits per heavy atom. The minimum Gasteiger partial charge on any atom is -0.198 e. The third-order valence-corrected chi connectivity index (χ3v) is 4.12. The predicted molar refractivity (Wildman–Crippen MR) is 78.6 cm³/mol.